The second-order valence-corrected chi connectivity index (χ2v) is 6.82. The molecule has 0 unspecified atom stereocenters. The van der Waals surface area contributed by atoms with Crippen LogP contribution in [0.5, 0.6) is 11.5 Å². The lowest BCUT2D eigenvalue weighted by atomic mass is 10.0. The highest BCUT2D eigenvalue weighted by Crippen LogP contribution is 2.31. The number of hydrogen-bond acceptors (Lipinski definition) is 5. The van der Waals surface area contributed by atoms with Gasteiger partial charge in [0.1, 0.15) is 13.2 Å². The Hall–Kier alpha value is -3.28. The van der Waals surface area contributed by atoms with E-state index in [1.54, 1.807) is 25.1 Å². The zero-order valence-corrected chi connectivity index (χ0v) is 15.8. The highest BCUT2D eigenvalue weighted by Gasteiger charge is 2.24. The van der Waals surface area contributed by atoms with Crippen LogP contribution in [0, 0.1) is 6.92 Å². The van der Waals surface area contributed by atoms with Crippen molar-refractivity contribution in [1.82, 2.24) is 4.98 Å². The molecule has 28 heavy (non-hydrogen) atoms. The van der Waals surface area contributed by atoms with Crippen LogP contribution >= 0.6 is 0 Å². The Bertz CT molecular complexity index is 1050. The number of carbonyl (C=O) groups excluding carboxylic acids is 2. The van der Waals surface area contributed by atoms with E-state index in [9.17, 15) is 9.59 Å². The minimum atomic E-state index is -0.873. The number of aryl methyl sites for hydroxylation is 1. The molecule has 6 nitrogen and oxygen atoms in total. The summed E-state index contributed by atoms with van der Waals surface area (Å²) < 4.78 is 16.4. The van der Waals surface area contributed by atoms with Crippen LogP contribution in [-0.4, -0.2) is 36.1 Å². The Morgan fingerprint density at radius 1 is 1.11 bits per heavy atom. The van der Waals surface area contributed by atoms with Gasteiger partial charge in [0.15, 0.2) is 17.6 Å². The molecule has 0 radical (unpaired) electrons. The number of benzene rings is 2. The largest absolute Gasteiger partial charge is 0.486 e. The number of ether oxygens (including phenoxy) is 3. The zero-order valence-electron chi connectivity index (χ0n) is 15.8. The smallest absolute Gasteiger partial charge is 0.310 e. The predicted molar refractivity (Wildman–Crippen MR) is 104 cm³/mol. The molecule has 0 fully saturated rings. The molecule has 1 atom stereocenters. The number of aromatic amines is 1. The fourth-order valence-electron chi connectivity index (χ4n) is 3.45. The van der Waals surface area contributed by atoms with Gasteiger partial charge in [-0.05, 0) is 37.6 Å². The molecule has 1 aromatic heterocycles. The lowest BCUT2D eigenvalue weighted by Crippen LogP contribution is -2.25. The highest BCUT2D eigenvalue weighted by molar-refractivity contribution is 6.11. The Morgan fingerprint density at radius 2 is 1.86 bits per heavy atom. The van der Waals surface area contributed by atoms with E-state index in [2.05, 4.69) is 4.98 Å². The van der Waals surface area contributed by atoms with Gasteiger partial charge in [-0.2, -0.15) is 0 Å². The molecule has 1 aliphatic heterocycles. The summed E-state index contributed by atoms with van der Waals surface area (Å²) in [5, 5.41) is 0.833. The number of Topliss-reactive ketones (excluding diaryl/α,β-unsaturated/α-hetero) is 1. The lowest BCUT2D eigenvalue weighted by Gasteiger charge is -2.19. The Balaban J connectivity index is 1.45. The molecule has 2 heterocycles. The van der Waals surface area contributed by atoms with E-state index in [0.29, 0.717) is 30.3 Å². The molecule has 0 aliphatic carbocycles. The number of carbonyl (C=O) groups is 2. The van der Waals surface area contributed by atoms with Crippen LogP contribution in [0.2, 0.25) is 0 Å². The van der Waals surface area contributed by atoms with E-state index in [1.807, 2.05) is 31.2 Å². The SMILES string of the molecule is Cc1[nH]c2ccccc2c1C(=O)[C@@H](C)OC(=O)Cc1ccc2c(c1)OCCO2. The maximum atomic E-state index is 12.9. The lowest BCUT2D eigenvalue weighted by molar-refractivity contribution is -0.145. The van der Waals surface area contributed by atoms with Gasteiger partial charge < -0.3 is 19.2 Å². The number of para-hydroxylation sites is 1. The van der Waals surface area contributed by atoms with Crippen molar-refractivity contribution in [2.75, 3.05) is 13.2 Å². The van der Waals surface area contributed by atoms with Gasteiger partial charge in [-0.3, -0.25) is 9.59 Å². The van der Waals surface area contributed by atoms with Gasteiger partial charge in [-0.15, -0.1) is 0 Å². The summed E-state index contributed by atoms with van der Waals surface area (Å²) in [7, 11) is 0. The molecule has 6 heteroatoms. The van der Waals surface area contributed by atoms with Crippen molar-refractivity contribution in [2.24, 2.45) is 0 Å². The maximum absolute atomic E-state index is 12.9. The predicted octanol–water partition coefficient (Wildman–Crippen LogP) is 3.60. The molecule has 4 rings (SSSR count). The van der Waals surface area contributed by atoms with Crippen molar-refractivity contribution < 1.29 is 23.8 Å². The van der Waals surface area contributed by atoms with Crippen molar-refractivity contribution in [1.29, 1.82) is 0 Å². The Labute approximate surface area is 162 Å². The first-order chi connectivity index (χ1) is 13.5. The molecule has 0 bridgehead atoms. The monoisotopic (exact) mass is 379 g/mol. The van der Waals surface area contributed by atoms with Gasteiger partial charge in [-0.1, -0.05) is 24.3 Å². The van der Waals surface area contributed by atoms with E-state index in [1.165, 1.54) is 0 Å². The van der Waals surface area contributed by atoms with Crippen LogP contribution in [0.4, 0.5) is 0 Å². The van der Waals surface area contributed by atoms with Crippen molar-refractivity contribution >= 4 is 22.7 Å². The highest BCUT2D eigenvalue weighted by atomic mass is 16.6. The van der Waals surface area contributed by atoms with E-state index >= 15 is 0 Å². The number of esters is 1. The van der Waals surface area contributed by atoms with E-state index < -0.39 is 12.1 Å². The summed E-state index contributed by atoms with van der Waals surface area (Å²) in [6.07, 6.45) is -0.816. The molecule has 0 amide bonds. The first-order valence-corrected chi connectivity index (χ1v) is 9.22. The topological polar surface area (TPSA) is 77.6 Å². The first-order valence-electron chi connectivity index (χ1n) is 9.22. The molecule has 2 aromatic carbocycles. The number of hydrogen-bond donors (Lipinski definition) is 1. The molecule has 0 saturated heterocycles. The third-order valence-corrected chi connectivity index (χ3v) is 4.77. The van der Waals surface area contributed by atoms with Gasteiger partial charge in [0, 0.05) is 22.2 Å². The molecule has 3 aromatic rings. The van der Waals surface area contributed by atoms with Crippen LogP contribution in [0.3, 0.4) is 0 Å². The van der Waals surface area contributed by atoms with Crippen molar-refractivity contribution in [3.63, 3.8) is 0 Å². The van der Waals surface area contributed by atoms with Crippen molar-refractivity contribution in [2.45, 2.75) is 26.4 Å². The van der Waals surface area contributed by atoms with Crippen LogP contribution < -0.4 is 9.47 Å². The average molecular weight is 379 g/mol. The van der Waals surface area contributed by atoms with E-state index in [4.69, 9.17) is 14.2 Å². The van der Waals surface area contributed by atoms with Crippen LogP contribution in [-0.2, 0) is 16.0 Å². The van der Waals surface area contributed by atoms with Gasteiger partial charge in [0.05, 0.1) is 6.42 Å². The minimum Gasteiger partial charge on any atom is -0.486 e. The average Bonchev–Trinajstić information content (AvgIpc) is 3.02. The molecule has 1 aliphatic rings. The van der Waals surface area contributed by atoms with Gasteiger partial charge >= 0.3 is 5.97 Å². The van der Waals surface area contributed by atoms with Crippen LogP contribution in [0.1, 0.15) is 28.5 Å². The summed E-state index contributed by atoms with van der Waals surface area (Å²) in [5.74, 6) is 0.609. The molecule has 0 saturated carbocycles. The fraction of sp³-hybridized carbons (Fsp3) is 0.273. The molecule has 144 valence electrons. The Morgan fingerprint density at radius 3 is 2.68 bits per heavy atom. The summed E-state index contributed by atoms with van der Waals surface area (Å²) in [6, 6.07) is 12.9. The minimum absolute atomic E-state index is 0.0567. The molecule has 0 spiro atoms. The van der Waals surface area contributed by atoms with Crippen LogP contribution in [0.25, 0.3) is 10.9 Å². The summed E-state index contributed by atoms with van der Waals surface area (Å²) in [5.41, 5.74) is 2.96. The maximum Gasteiger partial charge on any atom is 0.310 e. The van der Waals surface area contributed by atoms with Gasteiger partial charge in [0.25, 0.3) is 0 Å². The second kappa shape index (κ2) is 7.38. The molecular formula is C22H21NO5. The first kappa shape index (κ1) is 18.1. The van der Waals surface area contributed by atoms with Crippen molar-refractivity contribution in [3.05, 3.63) is 59.3 Å². The van der Waals surface area contributed by atoms with E-state index in [0.717, 1.165) is 22.2 Å². The number of rotatable bonds is 5. The number of nitrogens with one attached hydrogen (secondary N) is 1. The van der Waals surface area contributed by atoms with Crippen molar-refractivity contribution in [3.8, 4) is 11.5 Å². The third-order valence-electron chi connectivity index (χ3n) is 4.77. The quantitative estimate of drug-likeness (QED) is 0.541. The molecule has 1 N–H and O–H groups in total. The summed E-state index contributed by atoms with van der Waals surface area (Å²) in [4.78, 5) is 28.4. The number of ketones is 1. The fourth-order valence-corrected chi connectivity index (χ4v) is 3.45. The summed E-state index contributed by atoms with van der Waals surface area (Å²) in [6.45, 7) is 4.44. The normalized spacial score (nSPS) is 13.9. The number of aromatic nitrogens is 1. The van der Waals surface area contributed by atoms with E-state index in [-0.39, 0.29) is 12.2 Å². The van der Waals surface area contributed by atoms with Gasteiger partial charge in [0.2, 0.25) is 5.78 Å². The third kappa shape index (κ3) is 3.45. The van der Waals surface area contributed by atoms with Gasteiger partial charge in [-0.25, -0.2) is 0 Å². The van der Waals surface area contributed by atoms with Crippen LogP contribution in [0.15, 0.2) is 42.5 Å². The number of H-pyrrole nitrogens is 1. The Kier molecular flexibility index (Phi) is 4.77. The zero-order chi connectivity index (χ0) is 19.7. The second-order valence-electron chi connectivity index (χ2n) is 6.82. The summed E-state index contributed by atoms with van der Waals surface area (Å²) >= 11 is 0. The standard InChI is InChI=1S/C22H21NO5/c1-13-21(16-5-3-4-6-17(16)23-13)22(25)14(2)28-20(24)12-15-7-8-18-19(11-15)27-10-9-26-18/h3-8,11,14,23H,9-10,12H2,1-2H3/t14-/m1/s1. The molecular weight excluding hydrogens is 358 g/mol. The number of fused-ring (bicyclic) bond motifs is 2.